The maximum Gasteiger partial charge on any atom is 0.123 e. The van der Waals surface area contributed by atoms with Gasteiger partial charge in [-0.25, -0.2) is 4.39 Å². The summed E-state index contributed by atoms with van der Waals surface area (Å²) in [5, 5.41) is 0. The number of rotatable bonds is 7. The van der Waals surface area contributed by atoms with Crippen molar-refractivity contribution < 1.29 is 4.39 Å². The predicted molar refractivity (Wildman–Crippen MR) is 85.3 cm³/mol. The average Bonchev–Trinajstić information content (AvgIpc) is 3.02. The molecule has 1 fully saturated rings. The molecule has 2 rings (SSSR count). The lowest BCUT2D eigenvalue weighted by Gasteiger charge is -2.46. The number of hydrogen-bond acceptors (Lipinski definition) is 3. The van der Waals surface area contributed by atoms with Crippen molar-refractivity contribution in [2.75, 3.05) is 13.1 Å². The van der Waals surface area contributed by atoms with Crippen LogP contribution in [-0.2, 0) is 6.42 Å². The molecule has 0 bridgehead atoms. The Hall–Kier alpha value is -0.970. The zero-order valence-corrected chi connectivity index (χ0v) is 13.2. The minimum Gasteiger partial charge on any atom is -0.296 e. The first-order valence-corrected chi connectivity index (χ1v) is 8.12. The molecule has 1 aromatic carbocycles. The minimum absolute atomic E-state index is 0.0531. The van der Waals surface area contributed by atoms with Crippen molar-refractivity contribution >= 4 is 0 Å². The highest BCUT2D eigenvalue weighted by molar-refractivity contribution is 5.19. The molecular weight excluding hydrogens is 265 g/mol. The Kier molecular flexibility index (Phi) is 5.73. The van der Waals surface area contributed by atoms with Gasteiger partial charge in [-0.1, -0.05) is 26.0 Å². The fourth-order valence-corrected chi connectivity index (χ4v) is 3.88. The van der Waals surface area contributed by atoms with Gasteiger partial charge in [0, 0.05) is 11.6 Å². The molecule has 0 aromatic heterocycles. The van der Waals surface area contributed by atoms with Gasteiger partial charge in [0.15, 0.2) is 0 Å². The van der Waals surface area contributed by atoms with Crippen molar-refractivity contribution in [1.82, 2.24) is 10.3 Å². The first kappa shape index (κ1) is 16.4. The Morgan fingerprint density at radius 3 is 2.48 bits per heavy atom. The summed E-state index contributed by atoms with van der Waals surface area (Å²) in [4.78, 5) is 2.58. The topological polar surface area (TPSA) is 41.3 Å². The fraction of sp³-hybridized carbons (Fsp3) is 0.647. The summed E-state index contributed by atoms with van der Waals surface area (Å²) in [6.07, 6.45) is 5.38. The van der Waals surface area contributed by atoms with Gasteiger partial charge in [0.2, 0.25) is 0 Å². The van der Waals surface area contributed by atoms with Crippen molar-refractivity contribution in [2.24, 2.45) is 5.84 Å². The summed E-state index contributed by atoms with van der Waals surface area (Å²) in [5.41, 5.74) is 4.08. The molecule has 118 valence electrons. The molecule has 3 N–H and O–H groups in total. The Morgan fingerprint density at radius 2 is 1.95 bits per heavy atom. The second kappa shape index (κ2) is 7.34. The highest BCUT2D eigenvalue weighted by Gasteiger charge is 2.41. The molecule has 1 saturated heterocycles. The van der Waals surface area contributed by atoms with E-state index in [9.17, 15) is 4.39 Å². The van der Waals surface area contributed by atoms with Crippen LogP contribution in [0.25, 0.3) is 0 Å². The number of hydrazine groups is 1. The molecule has 1 atom stereocenters. The van der Waals surface area contributed by atoms with Gasteiger partial charge in [-0.3, -0.25) is 16.2 Å². The Bertz CT molecular complexity index is 439. The monoisotopic (exact) mass is 293 g/mol. The van der Waals surface area contributed by atoms with Crippen LogP contribution in [0.3, 0.4) is 0 Å². The summed E-state index contributed by atoms with van der Waals surface area (Å²) in [6.45, 7) is 6.75. The van der Waals surface area contributed by atoms with E-state index in [4.69, 9.17) is 5.84 Å². The number of hydrogen-bond donors (Lipinski definition) is 2. The molecule has 4 heteroatoms. The maximum atomic E-state index is 13.4. The first-order chi connectivity index (χ1) is 10.2. The molecular formula is C17H28FN3. The van der Waals surface area contributed by atoms with Crippen LogP contribution in [0.15, 0.2) is 24.3 Å². The van der Waals surface area contributed by atoms with Crippen molar-refractivity contribution in [3.8, 4) is 0 Å². The van der Waals surface area contributed by atoms with Gasteiger partial charge in [0.25, 0.3) is 0 Å². The van der Waals surface area contributed by atoms with E-state index < -0.39 is 0 Å². The molecule has 3 nitrogen and oxygen atoms in total. The minimum atomic E-state index is -0.178. The van der Waals surface area contributed by atoms with Crippen LogP contribution in [0, 0.1) is 5.82 Å². The van der Waals surface area contributed by atoms with Crippen LogP contribution < -0.4 is 11.3 Å². The lowest BCUT2D eigenvalue weighted by molar-refractivity contribution is 0.0620. The molecule has 0 spiro atoms. The third-order valence-electron chi connectivity index (χ3n) is 5.14. The molecule has 1 aliphatic rings. The van der Waals surface area contributed by atoms with Crippen LogP contribution in [0.4, 0.5) is 4.39 Å². The van der Waals surface area contributed by atoms with Gasteiger partial charge in [-0.2, -0.15) is 0 Å². The van der Waals surface area contributed by atoms with E-state index in [1.807, 2.05) is 6.07 Å². The summed E-state index contributed by atoms with van der Waals surface area (Å²) in [7, 11) is 0. The van der Waals surface area contributed by atoms with Crippen LogP contribution in [-0.4, -0.2) is 29.6 Å². The maximum absolute atomic E-state index is 13.4. The second-order valence-electron chi connectivity index (χ2n) is 6.06. The third-order valence-corrected chi connectivity index (χ3v) is 5.14. The van der Waals surface area contributed by atoms with E-state index >= 15 is 0 Å². The van der Waals surface area contributed by atoms with Crippen LogP contribution in [0.2, 0.25) is 0 Å². The largest absolute Gasteiger partial charge is 0.296 e. The molecule has 1 aliphatic heterocycles. The first-order valence-electron chi connectivity index (χ1n) is 8.12. The van der Waals surface area contributed by atoms with Gasteiger partial charge in [-0.05, 0) is 62.9 Å². The summed E-state index contributed by atoms with van der Waals surface area (Å²) < 4.78 is 13.4. The van der Waals surface area contributed by atoms with Crippen molar-refractivity contribution in [1.29, 1.82) is 0 Å². The Morgan fingerprint density at radius 1 is 1.29 bits per heavy atom. The van der Waals surface area contributed by atoms with Crippen molar-refractivity contribution in [2.45, 2.75) is 57.5 Å². The van der Waals surface area contributed by atoms with Gasteiger partial charge >= 0.3 is 0 Å². The van der Waals surface area contributed by atoms with E-state index in [1.54, 1.807) is 12.1 Å². The van der Waals surface area contributed by atoms with Crippen molar-refractivity contribution in [3.05, 3.63) is 35.6 Å². The normalized spacial score (nSPS) is 18.1. The molecule has 1 heterocycles. The number of nitrogens with one attached hydrogen (secondary N) is 1. The van der Waals surface area contributed by atoms with Gasteiger partial charge in [0.05, 0.1) is 0 Å². The second-order valence-corrected chi connectivity index (χ2v) is 6.06. The number of benzene rings is 1. The average molecular weight is 293 g/mol. The predicted octanol–water partition coefficient (Wildman–Crippen LogP) is 2.85. The van der Waals surface area contributed by atoms with E-state index in [1.165, 1.54) is 18.9 Å². The molecule has 1 aromatic rings. The van der Waals surface area contributed by atoms with Gasteiger partial charge in [0.1, 0.15) is 5.82 Å². The van der Waals surface area contributed by atoms with Crippen molar-refractivity contribution in [3.63, 3.8) is 0 Å². The Labute approximate surface area is 127 Å². The van der Waals surface area contributed by atoms with Crippen LogP contribution in [0.1, 0.15) is 45.1 Å². The van der Waals surface area contributed by atoms with Crippen LogP contribution >= 0.6 is 0 Å². The van der Waals surface area contributed by atoms with Gasteiger partial charge in [-0.15, -0.1) is 0 Å². The molecule has 21 heavy (non-hydrogen) atoms. The number of likely N-dealkylation sites (tertiary alicyclic amines) is 1. The SMILES string of the molecule is CCC(CC)(C(Cc1cccc(F)c1)NN)N1CCCC1. The molecule has 0 amide bonds. The van der Waals surface area contributed by atoms with E-state index in [0.717, 1.165) is 37.9 Å². The standard InChI is InChI=1S/C17H28FN3/c1-3-17(4-2,21-10-5-6-11-21)16(20-19)13-14-8-7-9-15(18)12-14/h7-9,12,16,20H,3-6,10-11,13,19H2,1-2H3. The third kappa shape index (κ3) is 3.44. The molecule has 0 aliphatic carbocycles. The lowest BCUT2D eigenvalue weighted by Crippen LogP contribution is -2.62. The highest BCUT2D eigenvalue weighted by Crippen LogP contribution is 2.32. The molecule has 0 saturated carbocycles. The van der Waals surface area contributed by atoms with Gasteiger partial charge < -0.3 is 0 Å². The summed E-state index contributed by atoms with van der Waals surface area (Å²) in [6, 6.07) is 6.99. The molecule has 1 unspecified atom stereocenters. The van der Waals surface area contributed by atoms with E-state index in [2.05, 4.69) is 24.2 Å². The number of nitrogens with zero attached hydrogens (tertiary/aromatic N) is 1. The van der Waals surface area contributed by atoms with E-state index in [0.29, 0.717) is 0 Å². The zero-order chi connectivity index (χ0) is 15.3. The lowest BCUT2D eigenvalue weighted by atomic mass is 9.80. The fourth-order valence-electron chi connectivity index (χ4n) is 3.88. The summed E-state index contributed by atoms with van der Waals surface area (Å²) >= 11 is 0. The highest BCUT2D eigenvalue weighted by atomic mass is 19.1. The van der Waals surface area contributed by atoms with E-state index in [-0.39, 0.29) is 17.4 Å². The van der Waals surface area contributed by atoms with Crippen LogP contribution in [0.5, 0.6) is 0 Å². The number of nitrogens with two attached hydrogens (primary N) is 1. The number of halogens is 1. The Balaban J connectivity index is 2.22. The zero-order valence-electron chi connectivity index (χ0n) is 13.2. The quantitative estimate of drug-likeness (QED) is 0.600. The summed E-state index contributed by atoms with van der Waals surface area (Å²) in [5.74, 6) is 5.72. The molecule has 0 radical (unpaired) electrons. The smallest absolute Gasteiger partial charge is 0.123 e.